The highest BCUT2D eigenvalue weighted by molar-refractivity contribution is 8.02. The zero-order valence-electron chi connectivity index (χ0n) is 9.43. The number of amides is 1. The Morgan fingerprint density at radius 2 is 2.18 bits per heavy atom. The van der Waals surface area contributed by atoms with Gasteiger partial charge in [-0.05, 0) is 19.1 Å². The molecule has 1 aliphatic rings. The van der Waals surface area contributed by atoms with E-state index in [-0.39, 0.29) is 0 Å². The second-order valence-electron chi connectivity index (χ2n) is 3.42. The minimum absolute atomic E-state index is 0.497. The monoisotopic (exact) mass is 251 g/mol. The molecule has 0 unspecified atom stereocenters. The molecule has 4 nitrogen and oxygen atoms in total. The van der Waals surface area contributed by atoms with Gasteiger partial charge in [0.15, 0.2) is 0 Å². The molecule has 1 aliphatic heterocycles. The lowest BCUT2D eigenvalue weighted by Crippen LogP contribution is -2.16. The van der Waals surface area contributed by atoms with Crippen LogP contribution in [0.3, 0.4) is 0 Å². The number of carbonyl (C=O) groups is 1. The lowest BCUT2D eigenvalue weighted by molar-refractivity contribution is 0.177. The average Bonchev–Trinajstić information content (AvgIpc) is 2.33. The van der Waals surface area contributed by atoms with Crippen LogP contribution in [0.4, 0.5) is 10.5 Å². The van der Waals surface area contributed by atoms with E-state index in [0.29, 0.717) is 23.1 Å². The van der Waals surface area contributed by atoms with Gasteiger partial charge in [-0.2, -0.15) is 0 Å². The van der Waals surface area contributed by atoms with Gasteiger partial charge in [0.05, 0.1) is 6.61 Å². The van der Waals surface area contributed by atoms with E-state index in [1.54, 1.807) is 19.1 Å². The number of thioether (sulfide) groups is 1. The SMILES string of the molecule is CC1=C(OC(=O)Nc2ccccc2)SCCO1. The summed E-state index contributed by atoms with van der Waals surface area (Å²) in [6, 6.07) is 9.17. The fraction of sp³-hybridized carbons (Fsp3) is 0.250. The van der Waals surface area contributed by atoms with E-state index < -0.39 is 6.09 Å². The number of benzene rings is 1. The number of carbonyl (C=O) groups excluding carboxylic acids is 1. The average molecular weight is 251 g/mol. The summed E-state index contributed by atoms with van der Waals surface area (Å²) in [5.74, 6) is 1.45. The van der Waals surface area contributed by atoms with Crippen LogP contribution in [-0.2, 0) is 9.47 Å². The summed E-state index contributed by atoms with van der Waals surface area (Å²) in [4.78, 5) is 11.6. The maximum Gasteiger partial charge on any atom is 0.417 e. The number of allylic oxidation sites excluding steroid dienone is 1. The van der Waals surface area contributed by atoms with E-state index in [1.165, 1.54) is 11.8 Å². The highest BCUT2D eigenvalue weighted by atomic mass is 32.2. The zero-order chi connectivity index (χ0) is 12.1. The summed E-state index contributed by atoms with van der Waals surface area (Å²) in [5, 5.41) is 3.18. The number of hydrogen-bond donors (Lipinski definition) is 1. The molecule has 1 aromatic carbocycles. The Morgan fingerprint density at radius 1 is 1.41 bits per heavy atom. The molecule has 17 heavy (non-hydrogen) atoms. The molecule has 0 saturated heterocycles. The number of rotatable bonds is 2. The van der Waals surface area contributed by atoms with Crippen molar-refractivity contribution in [2.75, 3.05) is 17.7 Å². The minimum atomic E-state index is -0.497. The van der Waals surface area contributed by atoms with Crippen LogP contribution in [0.15, 0.2) is 41.2 Å². The van der Waals surface area contributed by atoms with Crippen molar-refractivity contribution in [3.05, 3.63) is 41.2 Å². The molecule has 0 aliphatic carbocycles. The van der Waals surface area contributed by atoms with Gasteiger partial charge < -0.3 is 9.47 Å². The van der Waals surface area contributed by atoms with Crippen LogP contribution in [0.2, 0.25) is 0 Å². The van der Waals surface area contributed by atoms with E-state index in [9.17, 15) is 4.79 Å². The second-order valence-corrected chi connectivity index (χ2v) is 4.49. The third-order valence-electron chi connectivity index (χ3n) is 2.13. The fourth-order valence-electron chi connectivity index (χ4n) is 1.34. The number of para-hydroxylation sites is 1. The van der Waals surface area contributed by atoms with Gasteiger partial charge in [0.2, 0.25) is 5.09 Å². The van der Waals surface area contributed by atoms with Crippen molar-refractivity contribution in [3.8, 4) is 0 Å². The minimum Gasteiger partial charge on any atom is -0.493 e. The maximum absolute atomic E-state index is 11.6. The summed E-state index contributed by atoms with van der Waals surface area (Å²) in [6.45, 7) is 2.45. The Labute approximate surface area is 104 Å². The van der Waals surface area contributed by atoms with Crippen molar-refractivity contribution < 1.29 is 14.3 Å². The first-order chi connectivity index (χ1) is 8.25. The first-order valence-corrected chi connectivity index (χ1v) is 6.24. The van der Waals surface area contributed by atoms with Crippen molar-refractivity contribution in [2.24, 2.45) is 0 Å². The Balaban J connectivity index is 1.94. The van der Waals surface area contributed by atoms with Gasteiger partial charge in [-0.3, -0.25) is 5.32 Å². The van der Waals surface area contributed by atoms with Gasteiger partial charge in [-0.1, -0.05) is 30.0 Å². The van der Waals surface area contributed by atoms with Crippen LogP contribution in [0.5, 0.6) is 0 Å². The molecule has 0 aromatic heterocycles. The van der Waals surface area contributed by atoms with Crippen molar-refractivity contribution in [3.63, 3.8) is 0 Å². The van der Waals surface area contributed by atoms with Gasteiger partial charge in [0.1, 0.15) is 5.76 Å². The topological polar surface area (TPSA) is 47.6 Å². The van der Waals surface area contributed by atoms with Crippen LogP contribution in [0, 0.1) is 0 Å². The Morgan fingerprint density at radius 3 is 2.88 bits per heavy atom. The van der Waals surface area contributed by atoms with Crippen molar-refractivity contribution in [1.29, 1.82) is 0 Å². The Bertz CT molecular complexity index is 431. The van der Waals surface area contributed by atoms with E-state index in [1.807, 2.05) is 18.2 Å². The molecule has 0 spiro atoms. The van der Waals surface area contributed by atoms with Crippen LogP contribution < -0.4 is 5.32 Å². The first kappa shape index (κ1) is 11.9. The molecule has 0 atom stereocenters. The van der Waals surface area contributed by atoms with Crippen LogP contribution >= 0.6 is 11.8 Å². The molecule has 0 fully saturated rings. The summed E-state index contributed by atoms with van der Waals surface area (Å²) >= 11 is 1.48. The van der Waals surface area contributed by atoms with Gasteiger partial charge in [-0.25, -0.2) is 4.79 Å². The summed E-state index contributed by atoms with van der Waals surface area (Å²) in [7, 11) is 0. The number of ether oxygens (including phenoxy) is 2. The molecule has 5 heteroatoms. The van der Waals surface area contributed by atoms with Crippen molar-refractivity contribution in [1.82, 2.24) is 0 Å². The molecule has 1 heterocycles. The predicted octanol–water partition coefficient (Wildman–Crippen LogP) is 3.19. The Hall–Kier alpha value is -1.62. The van der Waals surface area contributed by atoms with E-state index in [4.69, 9.17) is 9.47 Å². The standard InChI is InChI=1S/C12H13NO3S/c1-9-11(17-8-7-15-9)16-12(14)13-10-5-3-2-4-6-10/h2-6H,7-8H2,1H3,(H,13,14). The lowest BCUT2D eigenvalue weighted by atomic mass is 10.3. The normalized spacial score (nSPS) is 15.1. The smallest absolute Gasteiger partial charge is 0.417 e. The molecule has 1 aromatic rings. The lowest BCUT2D eigenvalue weighted by Gasteiger charge is -2.17. The van der Waals surface area contributed by atoms with Gasteiger partial charge in [0, 0.05) is 11.4 Å². The maximum atomic E-state index is 11.6. The number of anilines is 1. The third kappa shape index (κ3) is 3.42. The Kier molecular flexibility index (Phi) is 3.93. The molecule has 90 valence electrons. The van der Waals surface area contributed by atoms with Gasteiger partial charge >= 0.3 is 6.09 Å². The molecule has 1 N–H and O–H groups in total. The second kappa shape index (κ2) is 5.63. The van der Waals surface area contributed by atoms with Gasteiger partial charge in [0.25, 0.3) is 0 Å². The van der Waals surface area contributed by atoms with Crippen LogP contribution in [-0.4, -0.2) is 18.5 Å². The van der Waals surface area contributed by atoms with Crippen LogP contribution in [0.25, 0.3) is 0 Å². The highest BCUT2D eigenvalue weighted by Crippen LogP contribution is 2.26. The predicted molar refractivity (Wildman–Crippen MR) is 67.7 cm³/mol. The number of nitrogens with one attached hydrogen (secondary N) is 1. The molecule has 0 bridgehead atoms. The molecule has 2 rings (SSSR count). The molecule has 0 radical (unpaired) electrons. The number of hydrogen-bond acceptors (Lipinski definition) is 4. The third-order valence-corrected chi connectivity index (χ3v) is 3.13. The molecule has 1 amide bonds. The van der Waals surface area contributed by atoms with E-state index in [2.05, 4.69) is 5.32 Å². The molecule has 0 saturated carbocycles. The fourth-order valence-corrected chi connectivity index (χ4v) is 2.09. The summed E-state index contributed by atoms with van der Waals surface area (Å²) < 4.78 is 10.5. The molecular formula is C12H13NO3S. The summed E-state index contributed by atoms with van der Waals surface area (Å²) in [6.07, 6.45) is -0.497. The largest absolute Gasteiger partial charge is 0.493 e. The zero-order valence-corrected chi connectivity index (χ0v) is 10.3. The first-order valence-electron chi connectivity index (χ1n) is 5.26. The van der Waals surface area contributed by atoms with Crippen molar-refractivity contribution >= 4 is 23.5 Å². The van der Waals surface area contributed by atoms with E-state index >= 15 is 0 Å². The van der Waals surface area contributed by atoms with Crippen molar-refractivity contribution in [2.45, 2.75) is 6.92 Å². The summed E-state index contributed by atoms with van der Waals surface area (Å²) in [5.41, 5.74) is 0.706. The van der Waals surface area contributed by atoms with Gasteiger partial charge in [-0.15, -0.1) is 0 Å². The van der Waals surface area contributed by atoms with Crippen LogP contribution in [0.1, 0.15) is 6.92 Å². The quantitative estimate of drug-likeness (QED) is 0.877. The molecular weight excluding hydrogens is 238 g/mol. The highest BCUT2D eigenvalue weighted by Gasteiger charge is 2.16. The van der Waals surface area contributed by atoms with E-state index in [0.717, 1.165) is 5.75 Å².